The van der Waals surface area contributed by atoms with E-state index in [1.54, 1.807) is 25.1 Å². The van der Waals surface area contributed by atoms with E-state index in [9.17, 15) is 4.79 Å². The van der Waals surface area contributed by atoms with Gasteiger partial charge in [0.15, 0.2) is 6.10 Å². The van der Waals surface area contributed by atoms with Crippen molar-refractivity contribution < 1.29 is 9.53 Å². The first-order valence-corrected chi connectivity index (χ1v) is 6.92. The van der Waals surface area contributed by atoms with Crippen molar-refractivity contribution in [1.29, 1.82) is 0 Å². The number of ether oxygens (including phenoxy) is 1. The van der Waals surface area contributed by atoms with Crippen LogP contribution in [0.25, 0.3) is 0 Å². The van der Waals surface area contributed by atoms with Crippen LogP contribution in [0, 0.1) is 6.92 Å². The predicted molar refractivity (Wildman–Crippen MR) is 85.8 cm³/mol. The number of hydrogen-bond acceptors (Lipinski definition) is 3. The van der Waals surface area contributed by atoms with Gasteiger partial charge in [-0.2, -0.15) is 0 Å². The third kappa shape index (κ3) is 4.13. The Morgan fingerprint density at radius 3 is 2.71 bits per heavy atom. The van der Waals surface area contributed by atoms with Crippen LogP contribution in [0.15, 0.2) is 42.5 Å². The van der Waals surface area contributed by atoms with Gasteiger partial charge in [-0.15, -0.1) is 0 Å². The fraction of sp³-hybridized carbons (Fsp3) is 0.188. The summed E-state index contributed by atoms with van der Waals surface area (Å²) in [5.41, 5.74) is 7.78. The van der Waals surface area contributed by atoms with Crippen LogP contribution < -0.4 is 15.8 Å². The first-order chi connectivity index (χ1) is 9.95. The van der Waals surface area contributed by atoms with Crippen LogP contribution in [0.3, 0.4) is 0 Å². The quantitative estimate of drug-likeness (QED) is 0.848. The second-order valence-electron chi connectivity index (χ2n) is 4.80. The van der Waals surface area contributed by atoms with Gasteiger partial charge >= 0.3 is 0 Å². The number of nitrogen functional groups attached to an aromatic ring is 1. The lowest BCUT2D eigenvalue weighted by Crippen LogP contribution is -2.30. The first kappa shape index (κ1) is 15.2. The van der Waals surface area contributed by atoms with Crippen LogP contribution >= 0.6 is 11.6 Å². The lowest BCUT2D eigenvalue weighted by atomic mass is 10.2. The Balaban J connectivity index is 2.00. The average Bonchev–Trinajstić information content (AvgIpc) is 2.43. The van der Waals surface area contributed by atoms with Crippen LogP contribution in [-0.4, -0.2) is 12.0 Å². The van der Waals surface area contributed by atoms with Gasteiger partial charge < -0.3 is 15.8 Å². The van der Waals surface area contributed by atoms with Gasteiger partial charge in [-0.1, -0.05) is 23.7 Å². The van der Waals surface area contributed by atoms with E-state index >= 15 is 0 Å². The number of benzene rings is 2. The molecule has 0 unspecified atom stereocenters. The fourth-order valence-electron chi connectivity index (χ4n) is 1.81. The molecule has 0 spiro atoms. The number of amides is 1. The van der Waals surface area contributed by atoms with Crippen molar-refractivity contribution in [2.24, 2.45) is 0 Å². The van der Waals surface area contributed by atoms with Crippen molar-refractivity contribution in [2.75, 3.05) is 11.1 Å². The summed E-state index contributed by atoms with van der Waals surface area (Å²) in [4.78, 5) is 12.1. The van der Waals surface area contributed by atoms with E-state index in [0.717, 1.165) is 5.56 Å². The topological polar surface area (TPSA) is 64.3 Å². The summed E-state index contributed by atoms with van der Waals surface area (Å²) in [7, 11) is 0. The maximum Gasteiger partial charge on any atom is 0.265 e. The third-order valence-corrected chi connectivity index (χ3v) is 3.28. The summed E-state index contributed by atoms with van der Waals surface area (Å²) in [6.07, 6.45) is -0.622. The minimum atomic E-state index is -0.622. The Kier molecular flexibility index (Phi) is 4.70. The number of halogens is 1. The Labute approximate surface area is 128 Å². The molecule has 2 aromatic carbocycles. The number of aryl methyl sites for hydroxylation is 1. The zero-order chi connectivity index (χ0) is 15.4. The lowest BCUT2D eigenvalue weighted by molar-refractivity contribution is -0.122. The van der Waals surface area contributed by atoms with Gasteiger partial charge in [-0.05, 0) is 49.7 Å². The number of nitrogens with two attached hydrogens (primary N) is 1. The van der Waals surface area contributed by atoms with E-state index in [4.69, 9.17) is 22.1 Å². The maximum atomic E-state index is 12.1. The molecule has 3 N–H and O–H groups in total. The van der Waals surface area contributed by atoms with Gasteiger partial charge in [0.05, 0.1) is 10.7 Å². The summed E-state index contributed by atoms with van der Waals surface area (Å²) in [5.74, 6) is 0.409. The van der Waals surface area contributed by atoms with E-state index in [1.807, 2.05) is 31.2 Å². The second-order valence-corrected chi connectivity index (χ2v) is 5.21. The molecule has 0 bridgehead atoms. The molecule has 0 fully saturated rings. The number of carbonyl (C=O) groups is 1. The highest BCUT2D eigenvalue weighted by molar-refractivity contribution is 6.33. The highest BCUT2D eigenvalue weighted by Gasteiger charge is 2.15. The number of nitrogens with one attached hydrogen (secondary N) is 1. The Morgan fingerprint density at radius 2 is 2.05 bits per heavy atom. The zero-order valence-electron chi connectivity index (χ0n) is 11.9. The van der Waals surface area contributed by atoms with Gasteiger partial charge in [0, 0.05) is 5.69 Å². The SMILES string of the molecule is Cc1cccc(O[C@@H](C)C(=O)Nc2ccc(Cl)c(N)c2)c1. The van der Waals surface area contributed by atoms with Crippen molar-refractivity contribution in [3.63, 3.8) is 0 Å². The molecule has 0 saturated carbocycles. The smallest absolute Gasteiger partial charge is 0.265 e. The molecule has 5 heteroatoms. The minimum Gasteiger partial charge on any atom is -0.481 e. The van der Waals surface area contributed by atoms with Crippen molar-refractivity contribution in [2.45, 2.75) is 20.0 Å². The molecule has 110 valence electrons. The number of hydrogen-bond donors (Lipinski definition) is 2. The zero-order valence-corrected chi connectivity index (χ0v) is 12.6. The normalized spacial score (nSPS) is 11.8. The number of rotatable bonds is 4. The van der Waals surface area contributed by atoms with E-state index in [-0.39, 0.29) is 5.91 Å². The van der Waals surface area contributed by atoms with Crippen molar-refractivity contribution in [3.05, 3.63) is 53.1 Å². The number of anilines is 2. The van der Waals surface area contributed by atoms with E-state index in [0.29, 0.717) is 22.1 Å². The highest BCUT2D eigenvalue weighted by atomic mass is 35.5. The van der Waals surface area contributed by atoms with Gasteiger partial charge in [0.1, 0.15) is 5.75 Å². The molecule has 2 rings (SSSR count). The highest BCUT2D eigenvalue weighted by Crippen LogP contribution is 2.22. The summed E-state index contributed by atoms with van der Waals surface area (Å²) >= 11 is 5.84. The van der Waals surface area contributed by atoms with Gasteiger partial charge in [-0.25, -0.2) is 0 Å². The molecule has 0 saturated heterocycles. The molecule has 0 aliphatic rings. The van der Waals surface area contributed by atoms with Crippen LogP contribution in [-0.2, 0) is 4.79 Å². The van der Waals surface area contributed by atoms with Gasteiger partial charge in [0.2, 0.25) is 0 Å². The van der Waals surface area contributed by atoms with Crippen LogP contribution in [0.2, 0.25) is 5.02 Å². The molecule has 21 heavy (non-hydrogen) atoms. The molecule has 0 aliphatic heterocycles. The maximum absolute atomic E-state index is 12.1. The van der Waals surface area contributed by atoms with E-state index in [1.165, 1.54) is 0 Å². The molecule has 1 atom stereocenters. The van der Waals surface area contributed by atoms with Crippen molar-refractivity contribution >= 4 is 28.9 Å². The van der Waals surface area contributed by atoms with E-state index in [2.05, 4.69) is 5.32 Å². The minimum absolute atomic E-state index is 0.252. The monoisotopic (exact) mass is 304 g/mol. The van der Waals surface area contributed by atoms with Crippen LogP contribution in [0.4, 0.5) is 11.4 Å². The molecule has 0 aromatic heterocycles. The second kappa shape index (κ2) is 6.50. The molecule has 0 aliphatic carbocycles. The Bertz CT molecular complexity index is 658. The molecule has 0 heterocycles. The molecule has 4 nitrogen and oxygen atoms in total. The van der Waals surface area contributed by atoms with Crippen LogP contribution in [0.1, 0.15) is 12.5 Å². The molecular weight excluding hydrogens is 288 g/mol. The summed E-state index contributed by atoms with van der Waals surface area (Å²) in [5, 5.41) is 3.20. The Morgan fingerprint density at radius 1 is 1.29 bits per heavy atom. The fourth-order valence-corrected chi connectivity index (χ4v) is 1.93. The molecular formula is C16H17ClN2O2. The van der Waals surface area contributed by atoms with Gasteiger partial charge in [0.25, 0.3) is 5.91 Å². The van der Waals surface area contributed by atoms with Gasteiger partial charge in [-0.3, -0.25) is 4.79 Å². The molecule has 2 aromatic rings. The Hall–Kier alpha value is -2.20. The van der Waals surface area contributed by atoms with E-state index < -0.39 is 6.10 Å². The summed E-state index contributed by atoms with van der Waals surface area (Å²) in [6, 6.07) is 12.5. The standard InChI is InChI=1S/C16H17ClN2O2/c1-10-4-3-5-13(8-10)21-11(2)16(20)19-12-6-7-14(17)15(18)9-12/h3-9,11H,18H2,1-2H3,(H,19,20)/t11-/m0/s1. The average molecular weight is 305 g/mol. The summed E-state index contributed by atoms with van der Waals surface area (Å²) < 4.78 is 5.61. The van der Waals surface area contributed by atoms with Crippen molar-refractivity contribution in [1.82, 2.24) is 0 Å². The molecule has 0 radical (unpaired) electrons. The largest absolute Gasteiger partial charge is 0.481 e. The number of carbonyl (C=O) groups excluding carboxylic acids is 1. The van der Waals surface area contributed by atoms with Crippen molar-refractivity contribution in [3.8, 4) is 5.75 Å². The summed E-state index contributed by atoms with van der Waals surface area (Å²) in [6.45, 7) is 3.66. The lowest BCUT2D eigenvalue weighted by Gasteiger charge is -2.15. The molecule has 1 amide bonds. The first-order valence-electron chi connectivity index (χ1n) is 6.55. The third-order valence-electron chi connectivity index (χ3n) is 2.94. The van der Waals surface area contributed by atoms with Crippen LogP contribution in [0.5, 0.6) is 5.75 Å². The predicted octanol–water partition coefficient (Wildman–Crippen LogP) is 3.64.